The lowest BCUT2D eigenvalue weighted by Crippen LogP contribution is -2.38. The van der Waals surface area contributed by atoms with Crippen LogP contribution in [-0.4, -0.2) is 47.9 Å². The van der Waals surface area contributed by atoms with Crippen LogP contribution in [0, 0.1) is 0 Å². The van der Waals surface area contributed by atoms with Crippen LogP contribution in [0.3, 0.4) is 0 Å². The first-order chi connectivity index (χ1) is 14.7. The van der Waals surface area contributed by atoms with Crippen molar-refractivity contribution in [2.75, 3.05) is 26.2 Å². The van der Waals surface area contributed by atoms with E-state index >= 15 is 0 Å². The van der Waals surface area contributed by atoms with Gasteiger partial charge in [0.1, 0.15) is 11.4 Å². The number of hydrogen-bond acceptors (Lipinski definition) is 4. The second-order valence-corrected chi connectivity index (χ2v) is 7.73. The molecule has 0 unspecified atom stereocenters. The summed E-state index contributed by atoms with van der Waals surface area (Å²) in [5.74, 6) is 0.404. The van der Waals surface area contributed by atoms with Crippen LogP contribution in [0.5, 0.6) is 5.75 Å². The highest BCUT2D eigenvalue weighted by atomic mass is 16.5. The first-order valence-electron chi connectivity index (χ1n) is 10.8. The SMILES string of the molecule is CCOc1ccc(C2=C(N3CCCCC3)C(=O)N(CCc3ccccc3)C2=O)cc1. The number of carbonyl (C=O) groups is 2. The number of rotatable bonds is 7. The average Bonchev–Trinajstić information content (AvgIpc) is 3.04. The minimum Gasteiger partial charge on any atom is -0.494 e. The van der Waals surface area contributed by atoms with Gasteiger partial charge in [0, 0.05) is 19.6 Å². The molecule has 0 aromatic heterocycles. The van der Waals surface area contributed by atoms with E-state index in [-0.39, 0.29) is 11.8 Å². The van der Waals surface area contributed by atoms with E-state index in [1.54, 1.807) is 0 Å². The predicted octanol–water partition coefficient (Wildman–Crippen LogP) is 3.89. The molecule has 2 aliphatic heterocycles. The fourth-order valence-corrected chi connectivity index (χ4v) is 4.21. The molecule has 2 heterocycles. The summed E-state index contributed by atoms with van der Waals surface area (Å²) in [6, 6.07) is 17.5. The lowest BCUT2D eigenvalue weighted by Gasteiger charge is -2.29. The van der Waals surface area contributed by atoms with Crippen molar-refractivity contribution >= 4 is 17.4 Å². The minimum absolute atomic E-state index is 0.165. The summed E-state index contributed by atoms with van der Waals surface area (Å²) in [6.45, 7) is 4.56. The van der Waals surface area contributed by atoms with Crippen molar-refractivity contribution in [3.8, 4) is 5.75 Å². The van der Waals surface area contributed by atoms with Gasteiger partial charge in [0.2, 0.25) is 0 Å². The maximum atomic E-state index is 13.4. The minimum atomic E-state index is -0.194. The fraction of sp³-hybridized carbons (Fsp3) is 0.360. The molecule has 2 aromatic rings. The van der Waals surface area contributed by atoms with Crippen LogP contribution in [-0.2, 0) is 16.0 Å². The van der Waals surface area contributed by atoms with Crippen molar-refractivity contribution in [1.82, 2.24) is 9.80 Å². The van der Waals surface area contributed by atoms with Gasteiger partial charge in [-0.25, -0.2) is 0 Å². The Morgan fingerprint density at radius 2 is 1.57 bits per heavy atom. The van der Waals surface area contributed by atoms with Crippen molar-refractivity contribution in [3.63, 3.8) is 0 Å². The van der Waals surface area contributed by atoms with E-state index < -0.39 is 0 Å². The molecule has 2 aliphatic rings. The van der Waals surface area contributed by atoms with Crippen LogP contribution in [0.25, 0.3) is 5.57 Å². The first-order valence-corrected chi connectivity index (χ1v) is 10.8. The molecule has 5 heteroatoms. The van der Waals surface area contributed by atoms with E-state index in [2.05, 4.69) is 4.90 Å². The number of ether oxygens (including phenoxy) is 1. The molecular weight excluding hydrogens is 376 g/mol. The average molecular weight is 405 g/mol. The highest BCUT2D eigenvalue weighted by Gasteiger charge is 2.41. The Bertz CT molecular complexity index is 929. The normalized spacial score (nSPS) is 17.1. The van der Waals surface area contributed by atoms with Gasteiger partial charge in [-0.15, -0.1) is 0 Å². The first kappa shape index (κ1) is 20.2. The largest absolute Gasteiger partial charge is 0.494 e. The summed E-state index contributed by atoms with van der Waals surface area (Å²) >= 11 is 0. The van der Waals surface area contributed by atoms with Gasteiger partial charge in [-0.2, -0.15) is 0 Å². The lowest BCUT2D eigenvalue weighted by atomic mass is 10.0. The van der Waals surface area contributed by atoms with E-state index in [1.165, 1.54) is 11.3 Å². The summed E-state index contributed by atoms with van der Waals surface area (Å²) in [4.78, 5) is 30.3. The van der Waals surface area contributed by atoms with E-state index in [4.69, 9.17) is 4.74 Å². The number of hydrogen-bond donors (Lipinski definition) is 0. The van der Waals surface area contributed by atoms with Crippen LogP contribution < -0.4 is 4.74 Å². The zero-order valence-electron chi connectivity index (χ0n) is 17.5. The smallest absolute Gasteiger partial charge is 0.277 e. The third-order valence-electron chi connectivity index (χ3n) is 5.74. The quantitative estimate of drug-likeness (QED) is 0.657. The van der Waals surface area contributed by atoms with Gasteiger partial charge < -0.3 is 9.64 Å². The van der Waals surface area contributed by atoms with Crippen molar-refractivity contribution in [2.24, 2.45) is 0 Å². The Morgan fingerprint density at radius 1 is 0.867 bits per heavy atom. The summed E-state index contributed by atoms with van der Waals surface area (Å²) in [5, 5.41) is 0. The Hall–Kier alpha value is -3.08. The maximum Gasteiger partial charge on any atom is 0.277 e. The monoisotopic (exact) mass is 404 g/mol. The molecule has 0 aliphatic carbocycles. The highest BCUT2D eigenvalue weighted by molar-refractivity contribution is 6.35. The van der Waals surface area contributed by atoms with Crippen LogP contribution in [0.4, 0.5) is 0 Å². The molecule has 0 radical (unpaired) electrons. The second kappa shape index (κ2) is 9.16. The predicted molar refractivity (Wildman–Crippen MR) is 117 cm³/mol. The number of amides is 2. The van der Waals surface area contributed by atoms with E-state index in [0.717, 1.165) is 42.8 Å². The fourth-order valence-electron chi connectivity index (χ4n) is 4.21. The number of carbonyl (C=O) groups excluding carboxylic acids is 2. The van der Waals surface area contributed by atoms with E-state index in [9.17, 15) is 9.59 Å². The van der Waals surface area contributed by atoms with Gasteiger partial charge in [-0.1, -0.05) is 42.5 Å². The molecule has 0 bridgehead atoms. The van der Waals surface area contributed by atoms with Crippen molar-refractivity contribution in [3.05, 3.63) is 71.4 Å². The molecule has 0 saturated carbocycles. The van der Waals surface area contributed by atoms with Gasteiger partial charge in [0.05, 0.1) is 12.2 Å². The standard InChI is InChI=1S/C25H28N2O3/c1-2-30-21-13-11-20(12-14-21)22-23(26-16-7-4-8-17-26)25(29)27(24(22)28)18-15-19-9-5-3-6-10-19/h3,5-6,9-14H,2,4,7-8,15-18H2,1H3. The molecule has 1 fully saturated rings. The van der Waals surface area contributed by atoms with Crippen molar-refractivity contribution in [1.29, 1.82) is 0 Å². The number of nitrogens with zero attached hydrogens (tertiary/aromatic N) is 2. The van der Waals surface area contributed by atoms with E-state index in [0.29, 0.717) is 30.8 Å². The summed E-state index contributed by atoms with van der Waals surface area (Å²) in [7, 11) is 0. The molecule has 30 heavy (non-hydrogen) atoms. The molecule has 0 spiro atoms. The number of piperidine rings is 1. The Balaban J connectivity index is 1.64. The number of likely N-dealkylation sites (tertiary alicyclic amines) is 1. The lowest BCUT2D eigenvalue weighted by molar-refractivity contribution is -0.137. The zero-order chi connectivity index (χ0) is 20.9. The zero-order valence-corrected chi connectivity index (χ0v) is 17.5. The maximum absolute atomic E-state index is 13.4. The van der Waals surface area contributed by atoms with Gasteiger partial charge in [0.25, 0.3) is 11.8 Å². The third-order valence-corrected chi connectivity index (χ3v) is 5.74. The van der Waals surface area contributed by atoms with Crippen LogP contribution in [0.2, 0.25) is 0 Å². The number of benzene rings is 2. The summed E-state index contributed by atoms with van der Waals surface area (Å²) in [6.07, 6.45) is 3.92. The third kappa shape index (κ3) is 4.11. The molecule has 4 rings (SSSR count). The summed E-state index contributed by atoms with van der Waals surface area (Å²) < 4.78 is 5.53. The van der Waals surface area contributed by atoms with Crippen molar-refractivity contribution < 1.29 is 14.3 Å². The molecule has 156 valence electrons. The van der Waals surface area contributed by atoms with E-state index in [1.807, 2.05) is 61.5 Å². The van der Waals surface area contributed by atoms with Gasteiger partial charge in [-0.3, -0.25) is 14.5 Å². The number of imide groups is 1. The van der Waals surface area contributed by atoms with Gasteiger partial charge in [0.15, 0.2) is 0 Å². The molecule has 1 saturated heterocycles. The van der Waals surface area contributed by atoms with Gasteiger partial charge in [-0.05, 0) is 55.9 Å². The second-order valence-electron chi connectivity index (χ2n) is 7.73. The van der Waals surface area contributed by atoms with Crippen LogP contribution in [0.1, 0.15) is 37.3 Å². The highest BCUT2D eigenvalue weighted by Crippen LogP contribution is 2.34. The molecule has 2 aromatic carbocycles. The molecular formula is C25H28N2O3. The Morgan fingerprint density at radius 3 is 2.23 bits per heavy atom. The van der Waals surface area contributed by atoms with Crippen LogP contribution in [0.15, 0.2) is 60.3 Å². The summed E-state index contributed by atoms with van der Waals surface area (Å²) in [5.41, 5.74) is 2.99. The molecule has 5 nitrogen and oxygen atoms in total. The molecule has 0 N–H and O–H groups in total. The molecule has 2 amide bonds. The Kier molecular flexibility index (Phi) is 6.17. The van der Waals surface area contributed by atoms with Crippen molar-refractivity contribution in [2.45, 2.75) is 32.6 Å². The topological polar surface area (TPSA) is 49.9 Å². The van der Waals surface area contributed by atoms with Gasteiger partial charge >= 0.3 is 0 Å². The van der Waals surface area contributed by atoms with Crippen LogP contribution >= 0.6 is 0 Å². The molecule has 0 atom stereocenters. The Labute approximate surface area is 177 Å².